The molecule has 2 heterocycles. The molecular weight excluding hydrogens is 484 g/mol. The Kier molecular flexibility index (Phi) is 7.37. The Morgan fingerprint density at radius 2 is 1.97 bits per heavy atom. The Morgan fingerprint density at radius 1 is 1.18 bits per heavy atom. The van der Waals surface area contributed by atoms with Crippen molar-refractivity contribution in [2.75, 3.05) is 5.75 Å². The largest absolute Gasteiger partial charge is 0.426 e. The highest BCUT2D eigenvalue weighted by Gasteiger charge is 2.33. The smallest absolute Gasteiger partial charge is 0.312 e. The summed E-state index contributed by atoms with van der Waals surface area (Å²) in [7, 11) is 0. The molecule has 0 spiro atoms. The molecule has 2 aromatic carbocycles. The molecule has 0 bridgehead atoms. The van der Waals surface area contributed by atoms with E-state index in [4.69, 9.17) is 4.74 Å². The summed E-state index contributed by atoms with van der Waals surface area (Å²) in [4.78, 5) is 51.1. The maximum absolute atomic E-state index is 12.0. The van der Waals surface area contributed by atoms with E-state index in [2.05, 4.69) is 20.8 Å². The molecule has 2 N–H and O–H groups in total. The third-order valence-electron chi connectivity index (χ3n) is 4.23. The standard InChI is InChI=1S/C21H16N4O5S3/c26-17(11-31-21-23-14-3-1-2-4-15(14)33-21)25-22-10-12-5-7-13(8-6-12)30-18(27)9-16-19(28)24-20(29)32-16/h1-8,10,16H,9,11H2,(H,25,26)(H,24,28,29). The number of hydrogen-bond donors (Lipinski definition) is 2. The van der Waals surface area contributed by atoms with Crippen LogP contribution in [0.25, 0.3) is 10.2 Å². The van der Waals surface area contributed by atoms with Crippen LogP contribution in [-0.4, -0.2) is 45.2 Å². The van der Waals surface area contributed by atoms with Crippen LogP contribution in [0.4, 0.5) is 4.79 Å². The average molecular weight is 501 g/mol. The van der Waals surface area contributed by atoms with E-state index in [1.165, 1.54) is 29.3 Å². The molecule has 9 nitrogen and oxygen atoms in total. The number of benzene rings is 2. The van der Waals surface area contributed by atoms with Gasteiger partial charge in [-0.3, -0.25) is 24.5 Å². The van der Waals surface area contributed by atoms with E-state index in [1.54, 1.807) is 24.3 Å². The van der Waals surface area contributed by atoms with Gasteiger partial charge in [0.1, 0.15) is 11.0 Å². The first-order valence-electron chi connectivity index (χ1n) is 9.59. The molecule has 1 atom stereocenters. The summed E-state index contributed by atoms with van der Waals surface area (Å²) in [6, 6.07) is 14.3. The second-order valence-electron chi connectivity index (χ2n) is 6.66. The zero-order valence-corrected chi connectivity index (χ0v) is 19.3. The number of nitrogens with one attached hydrogen (secondary N) is 2. The lowest BCUT2D eigenvalue weighted by molar-refractivity contribution is -0.135. The normalized spacial score (nSPS) is 15.7. The van der Waals surface area contributed by atoms with Gasteiger partial charge in [-0.2, -0.15) is 5.10 Å². The first kappa shape index (κ1) is 23.0. The summed E-state index contributed by atoms with van der Waals surface area (Å²) in [5, 5.41) is 4.81. The molecule has 33 heavy (non-hydrogen) atoms. The van der Waals surface area contributed by atoms with Gasteiger partial charge in [0.15, 0.2) is 4.34 Å². The van der Waals surface area contributed by atoms with Gasteiger partial charge in [-0.05, 0) is 42.0 Å². The highest BCUT2D eigenvalue weighted by molar-refractivity contribution is 8.15. The lowest BCUT2D eigenvalue weighted by atomic mass is 10.2. The number of imide groups is 1. The molecule has 1 saturated heterocycles. The van der Waals surface area contributed by atoms with Gasteiger partial charge in [-0.1, -0.05) is 35.7 Å². The van der Waals surface area contributed by atoms with Crippen molar-refractivity contribution in [1.82, 2.24) is 15.7 Å². The quantitative estimate of drug-likeness (QED) is 0.159. The predicted molar refractivity (Wildman–Crippen MR) is 128 cm³/mol. The lowest BCUT2D eigenvalue weighted by Crippen LogP contribution is -2.27. The minimum Gasteiger partial charge on any atom is -0.426 e. The molecule has 1 fully saturated rings. The van der Waals surface area contributed by atoms with Crippen molar-refractivity contribution in [2.45, 2.75) is 16.0 Å². The molecule has 4 rings (SSSR count). The molecule has 1 unspecified atom stereocenters. The number of thioether (sulfide) groups is 2. The number of carbonyl (C=O) groups excluding carboxylic acids is 4. The van der Waals surface area contributed by atoms with Gasteiger partial charge in [0.05, 0.1) is 28.6 Å². The van der Waals surface area contributed by atoms with E-state index >= 15 is 0 Å². The first-order chi connectivity index (χ1) is 16.0. The summed E-state index contributed by atoms with van der Waals surface area (Å²) in [5.41, 5.74) is 4.06. The van der Waals surface area contributed by atoms with Crippen molar-refractivity contribution < 1.29 is 23.9 Å². The number of para-hydroxylation sites is 1. The summed E-state index contributed by atoms with van der Waals surface area (Å²) in [6.07, 6.45) is 1.27. The lowest BCUT2D eigenvalue weighted by Gasteiger charge is -2.06. The average Bonchev–Trinajstić information content (AvgIpc) is 3.35. The SMILES string of the molecule is O=C(CSc1nc2ccccc2s1)NN=Cc1ccc(OC(=O)CC2SC(=O)NC2=O)cc1. The summed E-state index contributed by atoms with van der Waals surface area (Å²) in [6.45, 7) is 0. The number of thiazole rings is 1. The number of hydrogen-bond acceptors (Lipinski definition) is 10. The minimum absolute atomic E-state index is 0.189. The summed E-state index contributed by atoms with van der Waals surface area (Å²) in [5.74, 6) is -0.878. The molecule has 0 aliphatic carbocycles. The van der Waals surface area contributed by atoms with Gasteiger partial charge in [0.25, 0.3) is 11.1 Å². The molecule has 1 aromatic heterocycles. The van der Waals surface area contributed by atoms with Gasteiger partial charge in [0.2, 0.25) is 5.91 Å². The highest BCUT2D eigenvalue weighted by atomic mass is 32.2. The number of fused-ring (bicyclic) bond motifs is 1. The molecule has 0 radical (unpaired) electrons. The van der Waals surface area contributed by atoms with Crippen LogP contribution in [0.3, 0.4) is 0 Å². The fourth-order valence-corrected chi connectivity index (χ4v) is 5.39. The van der Waals surface area contributed by atoms with Gasteiger partial charge >= 0.3 is 5.97 Å². The van der Waals surface area contributed by atoms with Crippen LogP contribution in [0, 0.1) is 0 Å². The second kappa shape index (κ2) is 10.6. The van der Waals surface area contributed by atoms with Crippen molar-refractivity contribution in [2.24, 2.45) is 5.10 Å². The molecule has 3 aromatic rings. The molecular formula is C21H16N4O5S3. The topological polar surface area (TPSA) is 127 Å². The number of nitrogens with zero attached hydrogens (tertiary/aromatic N) is 2. The van der Waals surface area contributed by atoms with Gasteiger partial charge in [0, 0.05) is 0 Å². The third kappa shape index (κ3) is 6.40. The summed E-state index contributed by atoms with van der Waals surface area (Å²) < 4.78 is 7.08. The van der Waals surface area contributed by atoms with Crippen molar-refractivity contribution >= 4 is 74.3 Å². The van der Waals surface area contributed by atoms with Gasteiger partial charge in [-0.15, -0.1) is 11.3 Å². The van der Waals surface area contributed by atoms with E-state index in [9.17, 15) is 19.2 Å². The van der Waals surface area contributed by atoms with Crippen LogP contribution in [0.1, 0.15) is 12.0 Å². The monoisotopic (exact) mass is 500 g/mol. The van der Waals surface area contributed by atoms with E-state index in [-0.39, 0.29) is 18.1 Å². The van der Waals surface area contributed by atoms with Gasteiger partial charge < -0.3 is 4.74 Å². The molecule has 3 amide bonds. The number of amides is 3. The Morgan fingerprint density at radius 3 is 2.70 bits per heavy atom. The summed E-state index contributed by atoms with van der Waals surface area (Å²) >= 11 is 3.66. The Balaban J connectivity index is 1.20. The maximum atomic E-state index is 12.0. The van der Waals surface area contributed by atoms with Crippen LogP contribution in [0.5, 0.6) is 5.75 Å². The van der Waals surface area contributed by atoms with Crippen molar-refractivity contribution in [3.8, 4) is 5.75 Å². The van der Waals surface area contributed by atoms with Crippen molar-refractivity contribution in [1.29, 1.82) is 0 Å². The van der Waals surface area contributed by atoms with Crippen molar-refractivity contribution in [3.63, 3.8) is 0 Å². The Labute approximate surface area is 200 Å². The van der Waals surface area contributed by atoms with Crippen LogP contribution in [0.15, 0.2) is 58.0 Å². The molecule has 0 saturated carbocycles. The number of carbonyl (C=O) groups is 4. The minimum atomic E-state index is -0.771. The van der Waals surface area contributed by atoms with Gasteiger partial charge in [-0.25, -0.2) is 10.4 Å². The van der Waals surface area contributed by atoms with E-state index in [1.807, 2.05) is 24.3 Å². The van der Waals surface area contributed by atoms with Crippen LogP contribution in [-0.2, 0) is 14.4 Å². The molecule has 168 valence electrons. The number of esters is 1. The van der Waals surface area contributed by atoms with Crippen LogP contribution in [0.2, 0.25) is 0 Å². The Bertz CT molecular complexity index is 1210. The number of rotatable bonds is 8. The molecule has 12 heteroatoms. The first-order valence-corrected chi connectivity index (χ1v) is 12.3. The third-order valence-corrected chi connectivity index (χ3v) is 7.40. The van der Waals surface area contributed by atoms with E-state index in [0.29, 0.717) is 11.3 Å². The highest BCUT2D eigenvalue weighted by Crippen LogP contribution is 2.29. The fraction of sp³-hybridized carbons (Fsp3) is 0.143. The van der Waals surface area contributed by atoms with E-state index in [0.717, 1.165) is 26.3 Å². The number of ether oxygens (including phenoxy) is 1. The maximum Gasteiger partial charge on any atom is 0.312 e. The van der Waals surface area contributed by atoms with Crippen molar-refractivity contribution in [3.05, 3.63) is 54.1 Å². The fourth-order valence-electron chi connectivity index (χ4n) is 2.73. The zero-order chi connectivity index (χ0) is 23.2. The van der Waals surface area contributed by atoms with Crippen LogP contribution < -0.4 is 15.5 Å². The zero-order valence-electron chi connectivity index (χ0n) is 16.8. The number of hydrazone groups is 1. The van der Waals surface area contributed by atoms with E-state index < -0.39 is 22.4 Å². The second-order valence-corrected chi connectivity index (χ2v) is 10.1. The van der Waals surface area contributed by atoms with Crippen LogP contribution >= 0.6 is 34.9 Å². The Hall–Kier alpha value is -3.22. The molecule has 1 aliphatic rings. The molecule has 1 aliphatic heterocycles. The predicted octanol–water partition coefficient (Wildman–Crippen LogP) is 3.19. The number of aromatic nitrogens is 1.